The van der Waals surface area contributed by atoms with Gasteiger partial charge in [0.1, 0.15) is 11.6 Å². The molecule has 4 N–H and O–H groups in total. The van der Waals surface area contributed by atoms with Gasteiger partial charge in [0.2, 0.25) is 5.95 Å². The number of phenolic OH excluding ortho intramolecular Hbond substituents is 1. The topological polar surface area (TPSA) is 119 Å². The van der Waals surface area contributed by atoms with Crippen molar-refractivity contribution in [2.75, 3.05) is 11.1 Å². The van der Waals surface area contributed by atoms with Gasteiger partial charge in [0.05, 0.1) is 27.7 Å². The molecule has 0 saturated heterocycles. The van der Waals surface area contributed by atoms with Crippen LogP contribution in [0.1, 0.15) is 18.8 Å². The van der Waals surface area contributed by atoms with E-state index in [1.165, 1.54) is 22.9 Å². The highest BCUT2D eigenvalue weighted by Crippen LogP contribution is 2.32. The van der Waals surface area contributed by atoms with Crippen molar-refractivity contribution in [1.82, 2.24) is 19.5 Å². The molecule has 3 aromatic carbocycles. The molecule has 180 valence electrons. The van der Waals surface area contributed by atoms with Crippen molar-refractivity contribution in [2.45, 2.75) is 13.0 Å². The van der Waals surface area contributed by atoms with Gasteiger partial charge in [-0.1, -0.05) is 41.9 Å². The lowest BCUT2D eigenvalue weighted by Gasteiger charge is -2.21. The van der Waals surface area contributed by atoms with Crippen molar-refractivity contribution < 1.29 is 9.50 Å². The van der Waals surface area contributed by atoms with Crippen molar-refractivity contribution in [3.63, 3.8) is 0 Å². The zero-order valence-electron chi connectivity index (χ0n) is 19.0. The summed E-state index contributed by atoms with van der Waals surface area (Å²) in [7, 11) is 0. The molecule has 0 aliphatic carbocycles. The number of aromatic nitrogens is 4. The molecule has 5 aromatic rings. The molecular formula is C26H20ClFN6O2. The number of nitrogens with zero attached hydrogens (tertiary/aromatic N) is 4. The number of halogens is 2. The van der Waals surface area contributed by atoms with Crippen LogP contribution in [-0.4, -0.2) is 24.6 Å². The minimum atomic E-state index is -0.783. The average molecular weight is 503 g/mol. The van der Waals surface area contributed by atoms with Gasteiger partial charge in [-0.25, -0.2) is 14.4 Å². The number of anilines is 2. The molecule has 0 fully saturated rings. The summed E-state index contributed by atoms with van der Waals surface area (Å²) in [5.41, 5.74) is 7.48. The molecule has 0 amide bonds. The summed E-state index contributed by atoms with van der Waals surface area (Å²) < 4.78 is 15.6. The van der Waals surface area contributed by atoms with Crippen LogP contribution < -0.4 is 16.6 Å². The second kappa shape index (κ2) is 9.27. The van der Waals surface area contributed by atoms with E-state index in [4.69, 9.17) is 22.3 Å². The van der Waals surface area contributed by atoms with E-state index in [2.05, 4.69) is 15.3 Å². The summed E-state index contributed by atoms with van der Waals surface area (Å²) >= 11 is 6.37. The van der Waals surface area contributed by atoms with Crippen LogP contribution in [0.5, 0.6) is 5.75 Å². The summed E-state index contributed by atoms with van der Waals surface area (Å²) in [5.74, 6) is -0.536. The van der Waals surface area contributed by atoms with Gasteiger partial charge in [-0.3, -0.25) is 9.36 Å². The molecule has 36 heavy (non-hydrogen) atoms. The first-order valence-electron chi connectivity index (χ1n) is 11.0. The third-order valence-electron chi connectivity index (χ3n) is 5.69. The molecule has 0 spiro atoms. The van der Waals surface area contributed by atoms with Crippen LogP contribution in [0.25, 0.3) is 27.7 Å². The maximum Gasteiger partial charge on any atom is 0.267 e. The Morgan fingerprint density at radius 3 is 2.61 bits per heavy atom. The zero-order valence-corrected chi connectivity index (χ0v) is 19.7. The summed E-state index contributed by atoms with van der Waals surface area (Å²) in [6.45, 7) is 1.82. The second-order valence-corrected chi connectivity index (χ2v) is 8.51. The highest BCUT2D eigenvalue weighted by molar-refractivity contribution is 6.35. The largest absolute Gasteiger partial charge is 0.505 e. The maximum absolute atomic E-state index is 14.1. The number of nitrogen functional groups attached to an aromatic ring is 1. The van der Waals surface area contributed by atoms with Crippen molar-refractivity contribution in [3.05, 3.63) is 99.9 Å². The highest BCUT2D eigenvalue weighted by atomic mass is 35.5. The van der Waals surface area contributed by atoms with Crippen LogP contribution in [0.2, 0.25) is 5.02 Å². The van der Waals surface area contributed by atoms with Crippen LogP contribution in [0.15, 0.2) is 77.7 Å². The molecule has 0 bridgehead atoms. The molecule has 0 radical (unpaired) electrons. The normalized spacial score (nSPS) is 12.0. The number of nitrogens with one attached hydrogen (secondary N) is 1. The van der Waals surface area contributed by atoms with Gasteiger partial charge < -0.3 is 16.2 Å². The van der Waals surface area contributed by atoms with Crippen molar-refractivity contribution in [2.24, 2.45) is 0 Å². The number of benzene rings is 3. The first-order chi connectivity index (χ1) is 17.3. The number of aromatic hydroxyl groups is 1. The number of rotatable bonds is 5. The predicted molar refractivity (Wildman–Crippen MR) is 138 cm³/mol. The highest BCUT2D eigenvalue weighted by Gasteiger charge is 2.21. The van der Waals surface area contributed by atoms with Crippen LogP contribution in [0.4, 0.5) is 16.2 Å². The minimum absolute atomic E-state index is 0.00593. The molecule has 5 rings (SSSR count). The molecule has 0 aliphatic rings. The smallest absolute Gasteiger partial charge is 0.267 e. The Hall–Kier alpha value is -4.50. The van der Waals surface area contributed by atoms with Crippen LogP contribution in [-0.2, 0) is 0 Å². The van der Waals surface area contributed by atoms with E-state index in [0.29, 0.717) is 44.4 Å². The standard InChI is InChI=1S/C26H20ClFN6O2/c1-14(31-23-17(13-30-26(29)33-23)15-10-11-21(35)19(28)12-15)24-32-20-9-5-8-18(27)22(20)25(36)34(24)16-6-3-2-4-7-16/h2-14,35H,1H3,(H3,29,30,31,33)/t14-/m0/s1. The van der Waals surface area contributed by atoms with Crippen molar-refractivity contribution in [3.8, 4) is 22.6 Å². The SMILES string of the molecule is C[C@H](Nc1nc(N)ncc1-c1ccc(O)c(F)c1)c1nc2cccc(Cl)c2c(=O)n1-c1ccccc1. The van der Waals surface area contributed by atoms with Gasteiger partial charge in [-0.2, -0.15) is 4.98 Å². The van der Waals surface area contributed by atoms with Crippen molar-refractivity contribution >= 4 is 34.3 Å². The summed E-state index contributed by atoms with van der Waals surface area (Å²) in [4.78, 5) is 26.7. The lowest BCUT2D eigenvalue weighted by molar-refractivity contribution is 0.432. The maximum atomic E-state index is 14.1. The monoisotopic (exact) mass is 502 g/mol. The van der Waals surface area contributed by atoms with Gasteiger partial charge in [0, 0.05) is 11.8 Å². The summed E-state index contributed by atoms with van der Waals surface area (Å²) in [6.07, 6.45) is 1.46. The minimum Gasteiger partial charge on any atom is -0.505 e. The van der Waals surface area contributed by atoms with E-state index in [1.54, 1.807) is 36.4 Å². The number of nitrogens with two attached hydrogens (primary N) is 1. The predicted octanol–water partition coefficient (Wildman–Crippen LogP) is 5.10. The quantitative estimate of drug-likeness (QED) is 0.306. The third-order valence-corrected chi connectivity index (χ3v) is 6.01. The van der Waals surface area contributed by atoms with E-state index >= 15 is 0 Å². The fourth-order valence-corrected chi connectivity index (χ4v) is 4.24. The molecule has 0 aliphatic heterocycles. The summed E-state index contributed by atoms with van der Waals surface area (Å²) in [5, 5.41) is 13.4. The van der Waals surface area contributed by atoms with E-state index in [9.17, 15) is 14.3 Å². The zero-order chi connectivity index (χ0) is 25.4. The van der Waals surface area contributed by atoms with E-state index in [1.807, 2.05) is 25.1 Å². The molecule has 0 saturated carbocycles. The molecular weight excluding hydrogens is 483 g/mol. The number of phenols is 1. The number of para-hydroxylation sites is 1. The first-order valence-corrected chi connectivity index (χ1v) is 11.4. The van der Waals surface area contributed by atoms with E-state index in [0.717, 1.165) is 0 Å². The van der Waals surface area contributed by atoms with Gasteiger partial charge in [-0.15, -0.1) is 0 Å². The van der Waals surface area contributed by atoms with Gasteiger partial charge in [-0.05, 0) is 48.9 Å². The molecule has 8 nitrogen and oxygen atoms in total. The van der Waals surface area contributed by atoms with Gasteiger partial charge in [0.15, 0.2) is 11.6 Å². The Morgan fingerprint density at radius 2 is 1.86 bits per heavy atom. The van der Waals surface area contributed by atoms with E-state index in [-0.39, 0.29) is 11.5 Å². The van der Waals surface area contributed by atoms with Crippen LogP contribution in [0, 0.1) is 5.82 Å². The molecule has 10 heteroatoms. The van der Waals surface area contributed by atoms with Crippen molar-refractivity contribution in [1.29, 1.82) is 0 Å². The number of hydrogen-bond acceptors (Lipinski definition) is 7. The Kier molecular flexibility index (Phi) is 5.99. The molecule has 0 unspecified atom stereocenters. The van der Waals surface area contributed by atoms with Gasteiger partial charge in [0.25, 0.3) is 5.56 Å². The second-order valence-electron chi connectivity index (χ2n) is 8.10. The fourth-order valence-electron chi connectivity index (χ4n) is 3.98. The Balaban J connectivity index is 1.66. The number of fused-ring (bicyclic) bond motifs is 1. The fraction of sp³-hybridized carbons (Fsp3) is 0.0769. The average Bonchev–Trinajstić information content (AvgIpc) is 2.86. The lowest BCUT2D eigenvalue weighted by Crippen LogP contribution is -2.27. The Labute approximate surface area is 209 Å². The summed E-state index contributed by atoms with van der Waals surface area (Å²) in [6, 6.07) is 17.6. The first kappa shape index (κ1) is 23.3. The van der Waals surface area contributed by atoms with Crippen LogP contribution >= 0.6 is 11.6 Å². The lowest BCUT2D eigenvalue weighted by atomic mass is 10.1. The molecule has 2 aromatic heterocycles. The number of hydrogen-bond donors (Lipinski definition) is 3. The molecule has 2 heterocycles. The van der Waals surface area contributed by atoms with E-state index < -0.39 is 17.6 Å². The van der Waals surface area contributed by atoms with Crippen LogP contribution in [0.3, 0.4) is 0 Å². The Bertz CT molecular complexity index is 1660. The Morgan fingerprint density at radius 1 is 1.08 bits per heavy atom. The third kappa shape index (κ3) is 4.20. The van der Waals surface area contributed by atoms with Gasteiger partial charge >= 0.3 is 0 Å². The molecule has 1 atom stereocenters.